The highest BCUT2D eigenvalue weighted by Crippen LogP contribution is 2.38. The van der Waals surface area contributed by atoms with Crippen molar-refractivity contribution >= 4 is 55.5 Å². The second-order valence-electron chi connectivity index (χ2n) is 10.6. The van der Waals surface area contributed by atoms with E-state index in [1.165, 1.54) is 54.5 Å². The van der Waals surface area contributed by atoms with Crippen LogP contribution in [-0.4, -0.2) is 31.6 Å². The molecule has 1 aliphatic rings. The van der Waals surface area contributed by atoms with Crippen LogP contribution in [0.5, 0.6) is 0 Å². The normalized spacial score (nSPS) is 23.6. The Labute approximate surface area is 209 Å². The first kappa shape index (κ1) is 21.7. The molecule has 2 aromatic heterocycles. The third-order valence-corrected chi connectivity index (χ3v) is 8.75. The molecule has 1 saturated carbocycles. The SMILES string of the molecule is Cc1ccc2c3c1cccc3/c(=C\C1C(O)C(/C=c3\c4cccc5c(C)ccc(c54)n3C)C1O)n2C. The molecule has 2 N–H and O–H groups in total. The number of nitrogens with zero attached hydrogens (tertiary/aromatic N) is 2. The van der Waals surface area contributed by atoms with E-state index in [4.69, 9.17) is 0 Å². The van der Waals surface area contributed by atoms with E-state index < -0.39 is 12.2 Å². The molecule has 6 aromatic rings. The zero-order valence-electron chi connectivity index (χ0n) is 21.0. The maximum Gasteiger partial charge on any atom is 0.0717 e. The minimum Gasteiger partial charge on any atom is -0.392 e. The van der Waals surface area contributed by atoms with Gasteiger partial charge in [-0.2, -0.15) is 0 Å². The highest BCUT2D eigenvalue weighted by Gasteiger charge is 2.46. The van der Waals surface area contributed by atoms with Crippen LogP contribution in [0, 0.1) is 25.7 Å². The van der Waals surface area contributed by atoms with Crippen LogP contribution in [0.25, 0.3) is 55.5 Å². The fourth-order valence-corrected chi connectivity index (χ4v) is 6.61. The highest BCUT2D eigenvalue weighted by molar-refractivity contribution is 6.12. The van der Waals surface area contributed by atoms with Crippen LogP contribution in [0.2, 0.25) is 0 Å². The van der Waals surface area contributed by atoms with Crippen molar-refractivity contribution in [1.29, 1.82) is 0 Å². The van der Waals surface area contributed by atoms with Gasteiger partial charge in [0.1, 0.15) is 0 Å². The fourth-order valence-electron chi connectivity index (χ4n) is 6.61. The third kappa shape index (κ3) is 2.71. The van der Waals surface area contributed by atoms with Gasteiger partial charge in [0.05, 0.1) is 12.2 Å². The molecule has 2 heterocycles. The Balaban J connectivity index is 1.35. The molecule has 7 rings (SSSR count). The molecule has 1 aliphatic carbocycles. The van der Waals surface area contributed by atoms with E-state index in [-0.39, 0.29) is 11.8 Å². The Morgan fingerprint density at radius 2 is 0.972 bits per heavy atom. The van der Waals surface area contributed by atoms with Crippen LogP contribution < -0.4 is 10.7 Å². The lowest BCUT2D eigenvalue weighted by Gasteiger charge is -2.43. The maximum absolute atomic E-state index is 11.3. The predicted molar refractivity (Wildman–Crippen MR) is 149 cm³/mol. The van der Waals surface area contributed by atoms with Crippen LogP contribution in [-0.2, 0) is 14.1 Å². The van der Waals surface area contributed by atoms with E-state index in [1.54, 1.807) is 0 Å². The van der Waals surface area contributed by atoms with Gasteiger partial charge < -0.3 is 19.3 Å². The number of aliphatic hydroxyl groups is 2. The van der Waals surface area contributed by atoms with E-state index in [0.29, 0.717) is 0 Å². The van der Waals surface area contributed by atoms with Gasteiger partial charge in [-0.3, -0.25) is 0 Å². The summed E-state index contributed by atoms with van der Waals surface area (Å²) in [4.78, 5) is 0. The van der Waals surface area contributed by atoms with Crippen molar-refractivity contribution in [1.82, 2.24) is 9.13 Å². The third-order valence-electron chi connectivity index (χ3n) is 8.75. The zero-order valence-corrected chi connectivity index (χ0v) is 21.0. The molecule has 4 heteroatoms. The van der Waals surface area contributed by atoms with E-state index in [0.717, 1.165) is 10.7 Å². The molecule has 36 heavy (non-hydrogen) atoms. The van der Waals surface area contributed by atoms with Crippen LogP contribution in [0.3, 0.4) is 0 Å². The summed E-state index contributed by atoms with van der Waals surface area (Å²) in [5.41, 5.74) is 4.86. The Kier molecular flexibility index (Phi) is 4.48. The van der Waals surface area contributed by atoms with Crippen LogP contribution in [0.4, 0.5) is 0 Å². The summed E-state index contributed by atoms with van der Waals surface area (Å²) in [7, 11) is 4.14. The van der Waals surface area contributed by atoms with Crippen molar-refractivity contribution in [2.75, 3.05) is 0 Å². The molecule has 0 saturated heterocycles. The minimum absolute atomic E-state index is 0.318. The van der Waals surface area contributed by atoms with Gasteiger partial charge >= 0.3 is 0 Å². The number of hydrogen-bond donors (Lipinski definition) is 2. The van der Waals surface area contributed by atoms with Gasteiger partial charge in [-0.25, -0.2) is 0 Å². The summed E-state index contributed by atoms with van der Waals surface area (Å²) >= 11 is 0. The molecular weight excluding hydrogens is 444 g/mol. The fraction of sp³-hybridized carbons (Fsp3) is 0.250. The van der Waals surface area contributed by atoms with E-state index in [1.807, 2.05) is 0 Å². The predicted octanol–water partition coefficient (Wildman–Crippen LogP) is 4.26. The number of rotatable bonds is 2. The van der Waals surface area contributed by atoms with Crippen molar-refractivity contribution in [3.63, 3.8) is 0 Å². The molecule has 0 radical (unpaired) electrons. The van der Waals surface area contributed by atoms with Gasteiger partial charge in [0, 0.05) is 69.2 Å². The second kappa shape index (κ2) is 7.45. The Morgan fingerprint density at radius 3 is 1.39 bits per heavy atom. The number of aromatic nitrogens is 2. The summed E-state index contributed by atoms with van der Waals surface area (Å²) in [6, 6.07) is 21.5. The van der Waals surface area contributed by atoms with Gasteiger partial charge in [0.2, 0.25) is 0 Å². The molecule has 0 aliphatic heterocycles. The molecule has 180 valence electrons. The maximum atomic E-state index is 11.3. The number of benzene rings is 4. The molecule has 0 spiro atoms. The average Bonchev–Trinajstić information content (AvgIpc) is 3.32. The van der Waals surface area contributed by atoms with Crippen molar-refractivity contribution in [3.8, 4) is 0 Å². The quantitative estimate of drug-likeness (QED) is 0.394. The first-order valence-corrected chi connectivity index (χ1v) is 12.7. The van der Waals surface area contributed by atoms with Gasteiger partial charge in [0.25, 0.3) is 0 Å². The van der Waals surface area contributed by atoms with E-state index in [9.17, 15) is 10.2 Å². The molecule has 0 amide bonds. The van der Waals surface area contributed by atoms with Gasteiger partial charge in [-0.15, -0.1) is 0 Å². The lowest BCUT2D eigenvalue weighted by molar-refractivity contribution is -0.0964. The van der Waals surface area contributed by atoms with Crippen LogP contribution in [0.1, 0.15) is 11.1 Å². The summed E-state index contributed by atoms with van der Waals surface area (Å²) in [5, 5.41) is 32.0. The summed E-state index contributed by atoms with van der Waals surface area (Å²) < 4.78 is 4.37. The highest BCUT2D eigenvalue weighted by atomic mass is 16.3. The number of hydrogen-bond acceptors (Lipinski definition) is 2. The minimum atomic E-state index is -0.642. The average molecular weight is 475 g/mol. The topological polar surface area (TPSA) is 50.3 Å². The molecule has 1 fully saturated rings. The van der Waals surface area contributed by atoms with E-state index in [2.05, 4.69) is 110 Å². The van der Waals surface area contributed by atoms with Gasteiger partial charge in [-0.05, 0) is 47.9 Å². The smallest absolute Gasteiger partial charge is 0.0717 e. The zero-order chi connectivity index (χ0) is 24.9. The Morgan fingerprint density at radius 1 is 0.583 bits per heavy atom. The van der Waals surface area contributed by atoms with Crippen molar-refractivity contribution < 1.29 is 10.2 Å². The van der Waals surface area contributed by atoms with Crippen molar-refractivity contribution in [3.05, 3.63) is 82.5 Å². The molecule has 4 aromatic carbocycles. The second-order valence-corrected chi connectivity index (χ2v) is 10.6. The standard InChI is InChI=1S/C32H30N2O2/c1-17-11-13-25-29-19(17)7-5-9-21(29)27(33(25)3)15-23-31(35)24(32(23)36)16-28-22-10-6-8-20-18(2)12-14-26(30(20)22)34(28)4/h5-16,23-24,31-32,35-36H,1-4H3/b27-15+,28-16+. The first-order valence-electron chi connectivity index (χ1n) is 12.7. The molecule has 0 atom stereocenters. The number of aliphatic hydroxyl groups excluding tert-OH is 2. The Bertz CT molecular complexity index is 1790. The van der Waals surface area contributed by atoms with Crippen molar-refractivity contribution in [2.45, 2.75) is 26.1 Å². The Hall–Kier alpha value is -3.60. The molecule has 4 nitrogen and oxygen atoms in total. The first-order chi connectivity index (χ1) is 17.4. The summed E-state index contributed by atoms with van der Waals surface area (Å²) in [6.07, 6.45) is 2.87. The molecular formula is C32H30N2O2. The van der Waals surface area contributed by atoms with Crippen LogP contribution in [0.15, 0.2) is 60.7 Å². The largest absolute Gasteiger partial charge is 0.392 e. The number of aryl methyl sites for hydroxylation is 4. The summed E-state index contributed by atoms with van der Waals surface area (Å²) in [5.74, 6) is -0.635. The van der Waals surface area contributed by atoms with E-state index >= 15 is 0 Å². The van der Waals surface area contributed by atoms with Gasteiger partial charge in [-0.1, -0.05) is 60.7 Å². The monoisotopic (exact) mass is 474 g/mol. The lowest BCUT2D eigenvalue weighted by Crippen LogP contribution is -2.54. The van der Waals surface area contributed by atoms with Gasteiger partial charge in [0.15, 0.2) is 0 Å². The molecule has 0 bridgehead atoms. The van der Waals surface area contributed by atoms with Crippen LogP contribution >= 0.6 is 0 Å². The molecule has 0 unspecified atom stereocenters. The lowest BCUT2D eigenvalue weighted by atomic mass is 9.68. The summed E-state index contributed by atoms with van der Waals surface area (Å²) in [6.45, 7) is 4.28. The van der Waals surface area contributed by atoms with Crippen molar-refractivity contribution in [2.24, 2.45) is 25.9 Å².